The molecule has 3 atom stereocenters. The van der Waals surface area contributed by atoms with Crippen LogP contribution in [0.25, 0.3) is 0 Å². The Balaban J connectivity index is 1.97. The molecule has 8 heteroatoms. The van der Waals surface area contributed by atoms with E-state index in [1.54, 1.807) is 19.1 Å². The minimum Gasteiger partial charge on any atom is -0.394 e. The molecule has 2 aromatic rings. The predicted octanol–water partition coefficient (Wildman–Crippen LogP) is 3.51. The molecule has 0 bridgehead atoms. The summed E-state index contributed by atoms with van der Waals surface area (Å²) in [5.74, 6) is 0. The third kappa shape index (κ3) is 3.02. The number of aryl methyl sites for hydroxylation is 1. The van der Waals surface area contributed by atoms with E-state index in [-0.39, 0.29) is 4.90 Å². The molecule has 140 valence electrons. The molecule has 0 aromatic heterocycles. The van der Waals surface area contributed by atoms with Gasteiger partial charge in [-0.05, 0) is 43.7 Å². The van der Waals surface area contributed by atoms with E-state index in [9.17, 15) is 26.7 Å². The highest BCUT2D eigenvalue weighted by atomic mass is 32.2. The largest absolute Gasteiger partial charge is 0.416 e. The normalized spacial score (nSPS) is 25.9. The summed E-state index contributed by atoms with van der Waals surface area (Å²) in [6, 6.07) is 9.91. The van der Waals surface area contributed by atoms with Gasteiger partial charge in [-0.2, -0.15) is 17.5 Å². The van der Waals surface area contributed by atoms with Crippen molar-refractivity contribution in [2.24, 2.45) is 0 Å². The molecule has 0 amide bonds. The van der Waals surface area contributed by atoms with Crippen molar-refractivity contribution in [1.29, 1.82) is 0 Å². The number of alkyl halides is 3. The fourth-order valence-corrected chi connectivity index (χ4v) is 5.13. The predicted molar refractivity (Wildman–Crippen MR) is 89.9 cm³/mol. The van der Waals surface area contributed by atoms with Crippen molar-refractivity contribution in [3.63, 3.8) is 0 Å². The van der Waals surface area contributed by atoms with Crippen LogP contribution in [0.5, 0.6) is 0 Å². The van der Waals surface area contributed by atoms with Crippen molar-refractivity contribution in [3.05, 3.63) is 65.2 Å². The number of hydrogen-bond donors (Lipinski definition) is 1. The zero-order valence-corrected chi connectivity index (χ0v) is 15.0. The molecule has 0 aliphatic carbocycles. The van der Waals surface area contributed by atoms with E-state index in [1.807, 2.05) is 6.92 Å². The van der Waals surface area contributed by atoms with Gasteiger partial charge in [-0.15, -0.1) is 0 Å². The highest BCUT2D eigenvalue weighted by Gasteiger charge is 2.65. The second-order valence-corrected chi connectivity index (χ2v) is 8.47. The van der Waals surface area contributed by atoms with Gasteiger partial charge in [0.2, 0.25) is 10.0 Å². The van der Waals surface area contributed by atoms with Crippen LogP contribution in [0.1, 0.15) is 29.7 Å². The molecule has 0 saturated carbocycles. The molecule has 2 aromatic carbocycles. The topological polar surface area (TPSA) is 57.4 Å². The van der Waals surface area contributed by atoms with Gasteiger partial charge in [0.1, 0.15) is 0 Å². The van der Waals surface area contributed by atoms with Gasteiger partial charge in [-0.25, -0.2) is 8.42 Å². The summed E-state index contributed by atoms with van der Waals surface area (Å²) in [4.78, 5) is 0.0807. The van der Waals surface area contributed by atoms with E-state index < -0.39 is 40.0 Å². The summed E-state index contributed by atoms with van der Waals surface area (Å²) in [5, 5.41) is 9.72. The Labute approximate surface area is 149 Å². The first-order valence-electron chi connectivity index (χ1n) is 7.91. The lowest BCUT2D eigenvalue weighted by Gasteiger charge is -2.10. The van der Waals surface area contributed by atoms with Crippen molar-refractivity contribution < 1.29 is 26.7 Å². The molecule has 1 aliphatic rings. The zero-order valence-electron chi connectivity index (χ0n) is 14.2. The van der Waals surface area contributed by atoms with Crippen molar-refractivity contribution in [1.82, 2.24) is 4.31 Å². The maximum absolute atomic E-state index is 12.9. The fourth-order valence-electron chi connectivity index (χ4n) is 3.14. The lowest BCUT2D eigenvalue weighted by Crippen LogP contribution is -2.24. The van der Waals surface area contributed by atoms with Gasteiger partial charge in [-0.1, -0.05) is 29.8 Å². The quantitative estimate of drug-likeness (QED) is 0.820. The lowest BCUT2D eigenvalue weighted by atomic mass is 10.0. The first kappa shape index (κ1) is 18.9. The Bertz CT molecular complexity index is 908. The van der Waals surface area contributed by atoms with Crippen LogP contribution in [0.15, 0.2) is 53.4 Å². The Morgan fingerprint density at radius 2 is 1.62 bits per heavy atom. The summed E-state index contributed by atoms with van der Waals surface area (Å²) in [7, 11) is -3.89. The standard InChI is InChI=1S/C18H18F3NO3S/c1-12-3-9-15(10-4-12)26(24,25)22-16(17(22,2)11-23)13-5-7-14(8-6-13)18(19,20)21/h3-10,16,23H,11H2,1-2H3/t16-,17-,22?/m1/s1. The molecule has 1 N–H and O–H groups in total. The van der Waals surface area contributed by atoms with E-state index in [2.05, 4.69) is 0 Å². The van der Waals surface area contributed by atoms with Gasteiger partial charge in [0, 0.05) is 0 Å². The summed E-state index contributed by atoms with van der Waals surface area (Å²) >= 11 is 0. The molecular formula is C18H18F3NO3S. The molecule has 26 heavy (non-hydrogen) atoms. The fraction of sp³-hybridized carbons (Fsp3) is 0.333. The first-order chi connectivity index (χ1) is 12.0. The van der Waals surface area contributed by atoms with Crippen LogP contribution in [0.2, 0.25) is 0 Å². The molecule has 4 nitrogen and oxygen atoms in total. The van der Waals surface area contributed by atoms with E-state index in [1.165, 1.54) is 24.3 Å². The Morgan fingerprint density at radius 3 is 2.08 bits per heavy atom. The molecule has 1 saturated heterocycles. The van der Waals surface area contributed by atoms with Crippen LogP contribution in [0.3, 0.4) is 0 Å². The van der Waals surface area contributed by atoms with Crippen LogP contribution in [0.4, 0.5) is 13.2 Å². The number of nitrogens with zero attached hydrogens (tertiary/aromatic N) is 1. The third-order valence-corrected chi connectivity index (χ3v) is 6.72. The molecule has 0 spiro atoms. The van der Waals surface area contributed by atoms with Gasteiger partial charge >= 0.3 is 6.18 Å². The summed E-state index contributed by atoms with van der Waals surface area (Å²) in [6.45, 7) is 2.96. The second kappa shape index (κ2) is 6.07. The van der Waals surface area contributed by atoms with Gasteiger partial charge in [0.05, 0.1) is 28.6 Å². The molecule has 1 fully saturated rings. The van der Waals surface area contributed by atoms with Gasteiger partial charge < -0.3 is 5.11 Å². The van der Waals surface area contributed by atoms with Crippen LogP contribution in [-0.2, 0) is 16.2 Å². The van der Waals surface area contributed by atoms with Crippen molar-refractivity contribution in [2.45, 2.75) is 36.5 Å². The number of hydrogen-bond acceptors (Lipinski definition) is 3. The number of rotatable bonds is 4. The van der Waals surface area contributed by atoms with E-state index >= 15 is 0 Å². The van der Waals surface area contributed by atoms with Crippen LogP contribution >= 0.6 is 0 Å². The zero-order chi connectivity index (χ0) is 19.3. The minimum atomic E-state index is -4.46. The summed E-state index contributed by atoms with van der Waals surface area (Å²) < 4.78 is 65.2. The minimum absolute atomic E-state index is 0.0807. The van der Waals surface area contributed by atoms with Crippen LogP contribution in [-0.4, -0.2) is 30.0 Å². The second-order valence-electron chi connectivity index (χ2n) is 6.65. The summed E-state index contributed by atoms with van der Waals surface area (Å²) in [6.07, 6.45) is -4.46. The molecular weight excluding hydrogens is 367 g/mol. The highest BCUT2D eigenvalue weighted by molar-refractivity contribution is 7.89. The number of halogens is 3. The first-order valence-corrected chi connectivity index (χ1v) is 9.35. The molecule has 1 heterocycles. The van der Waals surface area contributed by atoms with Crippen molar-refractivity contribution in [2.75, 3.05) is 6.61 Å². The van der Waals surface area contributed by atoms with Crippen molar-refractivity contribution >= 4 is 10.0 Å². The van der Waals surface area contributed by atoms with E-state index in [0.29, 0.717) is 5.56 Å². The van der Waals surface area contributed by atoms with Gasteiger partial charge in [0.25, 0.3) is 0 Å². The van der Waals surface area contributed by atoms with Gasteiger partial charge in [-0.3, -0.25) is 0 Å². The van der Waals surface area contributed by atoms with Crippen molar-refractivity contribution in [3.8, 4) is 0 Å². The number of aliphatic hydroxyl groups excluding tert-OH is 1. The molecule has 0 radical (unpaired) electrons. The number of aliphatic hydroxyl groups is 1. The SMILES string of the molecule is Cc1ccc(S(=O)(=O)N2[C@H](c3ccc(C(F)(F)F)cc3)[C@@]2(C)CO)cc1. The van der Waals surface area contributed by atoms with Gasteiger partial charge in [0.15, 0.2) is 0 Å². The smallest absolute Gasteiger partial charge is 0.394 e. The maximum Gasteiger partial charge on any atom is 0.416 e. The third-order valence-electron chi connectivity index (χ3n) is 4.71. The van der Waals surface area contributed by atoms with E-state index in [0.717, 1.165) is 22.0 Å². The molecule has 3 rings (SSSR count). The number of sulfonamides is 1. The monoisotopic (exact) mass is 385 g/mol. The number of benzene rings is 2. The average Bonchev–Trinajstić information content (AvgIpc) is 3.22. The molecule has 1 unspecified atom stereocenters. The Kier molecular flexibility index (Phi) is 4.41. The Hall–Kier alpha value is -1.90. The molecule has 1 aliphatic heterocycles. The summed E-state index contributed by atoms with van der Waals surface area (Å²) in [5.41, 5.74) is -0.589. The highest BCUT2D eigenvalue weighted by Crippen LogP contribution is 2.56. The lowest BCUT2D eigenvalue weighted by molar-refractivity contribution is -0.137. The van der Waals surface area contributed by atoms with Crippen LogP contribution in [0, 0.1) is 6.92 Å². The average molecular weight is 385 g/mol. The van der Waals surface area contributed by atoms with E-state index in [4.69, 9.17) is 0 Å². The van der Waals surface area contributed by atoms with Crippen LogP contribution < -0.4 is 0 Å². The maximum atomic E-state index is 12.9. The Morgan fingerprint density at radius 1 is 1.08 bits per heavy atom.